The maximum absolute atomic E-state index is 11.0. The van der Waals surface area contributed by atoms with Crippen molar-refractivity contribution in [1.82, 2.24) is 0 Å². The Balaban J connectivity index is 0.000000158. The van der Waals surface area contributed by atoms with E-state index in [9.17, 15) is 44.4 Å². The van der Waals surface area contributed by atoms with E-state index in [1.165, 1.54) is 190 Å². The number of hydrogen-bond donors (Lipinski definition) is 7. The van der Waals surface area contributed by atoms with E-state index in [0.717, 1.165) is 267 Å². The summed E-state index contributed by atoms with van der Waals surface area (Å²) in [6, 6.07) is 41.2. The summed E-state index contributed by atoms with van der Waals surface area (Å²) in [6.07, 6.45) is 67.9. The van der Waals surface area contributed by atoms with Crippen molar-refractivity contribution >= 4 is 41.5 Å². The molecule has 1 saturated heterocycles. The van der Waals surface area contributed by atoms with Gasteiger partial charge in [-0.3, -0.25) is 0 Å². The molecular formula is C137H210BrFMgO9S. The first-order valence-electron chi connectivity index (χ1n) is 61.5. The van der Waals surface area contributed by atoms with Crippen molar-refractivity contribution in [3.63, 3.8) is 0 Å². The minimum atomic E-state index is -0.458. The van der Waals surface area contributed by atoms with E-state index in [1.807, 2.05) is 48.5 Å². The summed E-state index contributed by atoms with van der Waals surface area (Å²) in [5.74, 6) is 15.9. The standard InChI is InChI=1S/3C33H50O2.C26H42O2.C7H7.C4H8O.CH3FS.BrH.Mg/c3*1-5-33(35)20-19-31(3)25(22-33)12-14-27-29-16-15-28(32(29,4)18-17-30(27)31)23(2)11-13-26(34)21-24-9-7-6-8-10-24;1-5-26(28)15-14-24(3)19(17-26)8-9-20-22-11-10-21(18(2)7-6-16-27)25(22,4)13-12-23(20)24;1-7-5-3-2-4-6-7;1-2-4-5-3-1;1-3-2;;/h3*6-10,12,23,26-30,34-35H,5,11,13-22H2,1-4H3;8,16,18,20-23,28H,5-7,9-15,17H2,1-4H3;2-6H,1H2;1-4H2;1H3;1H;/q;;;;-1;;;;+2/p-1/t23-,26?,27+,28-,29+,30+,31+,32-,33+;23-,26+,27+,28-,29+,30+,31+,32-,33+;23-,26-,27+,28-,29+,30+,31+,32-,33+;18-,20+,21-,22+,23+,24+,25-,26+;;;;;/m1111...../s1. The van der Waals surface area contributed by atoms with E-state index in [4.69, 9.17) is 4.74 Å². The number of allylic oxidation sites excluding steroid dienone is 4. The number of rotatable bonds is 26. The number of carbonyl (C=O) groups excluding carboxylic acids is 1. The Morgan fingerprint density at radius 3 is 0.793 bits per heavy atom. The van der Waals surface area contributed by atoms with Gasteiger partial charge in [0.1, 0.15) is 6.29 Å². The molecule has 150 heavy (non-hydrogen) atoms. The first-order chi connectivity index (χ1) is 70.6. The number of benzene rings is 4. The van der Waals surface area contributed by atoms with Crippen LogP contribution in [0.4, 0.5) is 3.89 Å². The van der Waals surface area contributed by atoms with Crippen molar-refractivity contribution in [2.24, 2.45) is 162 Å². The smallest absolute Gasteiger partial charge is 1.00 e. The van der Waals surface area contributed by atoms with Crippen LogP contribution in [0, 0.1) is 169 Å². The van der Waals surface area contributed by atoms with Crippen LogP contribution < -0.4 is 17.0 Å². The Hall–Kier alpha value is -3.41. The molecule has 0 aromatic heterocycles. The van der Waals surface area contributed by atoms with E-state index in [1.54, 1.807) is 22.3 Å². The molecule has 0 bridgehead atoms. The number of fused-ring (bicyclic) bond motifs is 20. The molecule has 12 saturated carbocycles. The molecule has 0 amide bonds. The maximum atomic E-state index is 11.0. The number of halogens is 2. The van der Waals surface area contributed by atoms with Crippen molar-refractivity contribution in [3.8, 4) is 0 Å². The zero-order chi connectivity index (χ0) is 106. The van der Waals surface area contributed by atoms with Gasteiger partial charge in [0, 0.05) is 38.0 Å². The number of aliphatic hydroxyl groups excluding tert-OH is 3. The van der Waals surface area contributed by atoms with Gasteiger partial charge in [-0.15, -0.1) is 12.1 Å². The molecular weight excluding hydrogens is 1940 g/mol. The van der Waals surface area contributed by atoms with Crippen molar-refractivity contribution in [3.05, 3.63) is 197 Å². The number of carbonyl (C=O) groups is 1. The first-order valence-corrected chi connectivity index (χ1v) is 62.6. The molecule has 21 rings (SSSR count). The van der Waals surface area contributed by atoms with E-state index in [-0.39, 0.29) is 70.5 Å². The van der Waals surface area contributed by atoms with Crippen molar-refractivity contribution in [2.75, 3.05) is 19.5 Å². The molecule has 1 heterocycles. The van der Waals surface area contributed by atoms with Crippen LogP contribution in [-0.2, 0) is 28.8 Å². The van der Waals surface area contributed by atoms with Crippen LogP contribution in [-0.4, -0.2) is 125 Å². The van der Waals surface area contributed by atoms with Crippen molar-refractivity contribution in [1.29, 1.82) is 0 Å². The van der Waals surface area contributed by atoms with Crippen LogP contribution in [0.15, 0.2) is 168 Å². The minimum Gasteiger partial charge on any atom is -1.00 e. The van der Waals surface area contributed by atoms with E-state index in [2.05, 4.69) is 215 Å². The molecule has 4 aromatic carbocycles. The van der Waals surface area contributed by atoms with Crippen LogP contribution in [0.3, 0.4) is 0 Å². The summed E-state index contributed by atoms with van der Waals surface area (Å²) in [7, 11) is 0. The summed E-state index contributed by atoms with van der Waals surface area (Å²) in [4.78, 5) is 10.9. The molecule has 7 N–H and O–H groups in total. The Morgan fingerprint density at radius 1 is 0.353 bits per heavy atom. The second-order valence-corrected chi connectivity index (χ2v) is 55.7. The molecule has 0 radical (unpaired) electrons. The molecule has 1 unspecified atom stereocenters. The maximum Gasteiger partial charge on any atom is 2.00 e. The molecule has 0 spiro atoms. The number of aliphatic hydroxyl groups is 7. The van der Waals surface area contributed by atoms with Gasteiger partial charge < -0.3 is 62.3 Å². The first kappa shape index (κ1) is 124. The van der Waals surface area contributed by atoms with Gasteiger partial charge in [-0.05, 0) is 487 Å². The molecule has 13 fully saturated rings. The Labute approximate surface area is 944 Å². The van der Waals surface area contributed by atoms with Gasteiger partial charge in [-0.2, -0.15) is 28.5 Å². The fraction of sp³-hybridized carbons (Fsp3) is 0.752. The fourth-order valence-corrected chi connectivity index (χ4v) is 38.4. The molecule has 834 valence electrons. The predicted octanol–water partition coefficient (Wildman–Crippen LogP) is 30.0. The summed E-state index contributed by atoms with van der Waals surface area (Å²) >= 11 is 0.250. The van der Waals surface area contributed by atoms with Crippen LogP contribution in [0.2, 0.25) is 0 Å². The number of aldehydes is 1. The van der Waals surface area contributed by atoms with E-state index in [0.29, 0.717) is 67.0 Å². The van der Waals surface area contributed by atoms with Gasteiger partial charge in [-0.1, -0.05) is 254 Å². The Morgan fingerprint density at radius 2 is 0.587 bits per heavy atom. The number of hydrogen-bond acceptors (Lipinski definition) is 10. The monoisotopic (exact) mass is 2150 g/mol. The summed E-state index contributed by atoms with van der Waals surface area (Å²) < 4.78 is 15.2. The second kappa shape index (κ2) is 53.0. The van der Waals surface area contributed by atoms with Crippen LogP contribution in [0.5, 0.6) is 0 Å². The molecule has 9 nitrogen and oxygen atoms in total. The topological polar surface area (TPSA) is 168 Å². The molecule has 35 atom stereocenters. The van der Waals surface area contributed by atoms with Gasteiger partial charge in [0.2, 0.25) is 0 Å². The largest absolute Gasteiger partial charge is 2.00 e. The molecule has 4 aromatic rings. The summed E-state index contributed by atoms with van der Waals surface area (Å²) in [6.45, 7) is 44.9. The van der Waals surface area contributed by atoms with Gasteiger partial charge >= 0.3 is 23.1 Å². The van der Waals surface area contributed by atoms with Crippen LogP contribution in [0.25, 0.3) is 0 Å². The predicted molar refractivity (Wildman–Crippen MR) is 621 cm³/mol. The average Bonchev–Trinajstić information content (AvgIpc) is 1.45. The fourth-order valence-electron chi connectivity index (χ4n) is 38.4. The van der Waals surface area contributed by atoms with E-state index >= 15 is 0 Å². The minimum absolute atomic E-state index is 0. The molecule has 16 aliphatic carbocycles. The van der Waals surface area contributed by atoms with Crippen molar-refractivity contribution in [2.45, 2.75) is 466 Å². The third-order valence-corrected chi connectivity index (χ3v) is 47.9. The quantitative estimate of drug-likeness (QED) is 0.0139. The van der Waals surface area contributed by atoms with Gasteiger partial charge in [0.05, 0.1) is 40.7 Å². The Kier molecular flexibility index (Phi) is 43.7. The van der Waals surface area contributed by atoms with E-state index < -0.39 is 22.4 Å². The van der Waals surface area contributed by atoms with Gasteiger partial charge in [-0.25, -0.2) is 0 Å². The molecule has 17 aliphatic rings. The average molecular weight is 2160 g/mol. The van der Waals surface area contributed by atoms with Gasteiger partial charge in [0.25, 0.3) is 0 Å². The third-order valence-electron chi connectivity index (χ3n) is 47.9. The SMILES string of the molecule is C1CCOC1.CC[C@]1(O)CC[C@@]2(C)C(=CC[C@H]3[C@@H]4CC[C@H]([C@H](C)CCC(O)Cc5ccccc5)[C@@]4(C)CC[C@@H]32)C1.CC[C@]1(O)CC[C@@]2(C)C(=CC[C@H]3[C@@H]4CC[C@H]([C@H](C)CCC=O)[C@@]4(C)CC[C@@H]32)C1.CC[C@]1(O)CC[C@@]2(C)C(=CC[C@H]3[C@@H]4CC[C@H]([C@H](C)CC[C@@H](O)Cc5ccccc5)[C@@]4(C)CC[C@@H]32)C1.CC[C@]1(O)CC[C@@]2(C)C(=CC[C@H]3[C@@H]4CC[C@H]([C@H](C)CC[C@H](O)Cc5ccccc5)[C@@]4(C)CC[C@@H]32)C1.CSF.[Br-].[CH2-]c1ccccc1.[Mg+2]. The zero-order valence-electron chi connectivity index (χ0n) is 97.3. The second-order valence-electron chi connectivity index (χ2n) is 55.3. The van der Waals surface area contributed by atoms with Crippen LogP contribution >= 0.6 is 12.1 Å². The van der Waals surface area contributed by atoms with Gasteiger partial charge in [0.15, 0.2) is 0 Å². The van der Waals surface area contributed by atoms with Crippen molar-refractivity contribution < 1.29 is 66.1 Å². The molecule has 13 heteroatoms. The normalized spacial score (nSPS) is 40.1. The summed E-state index contributed by atoms with van der Waals surface area (Å²) in [5, 5.41) is 76.2. The zero-order valence-corrected chi connectivity index (χ0v) is 101. The summed E-state index contributed by atoms with van der Waals surface area (Å²) in [5.41, 5.74) is 12.5. The van der Waals surface area contributed by atoms with Crippen LogP contribution in [0.1, 0.15) is 428 Å². The molecule has 1 aliphatic heterocycles. The Bertz CT molecular complexity index is 4590. The number of ether oxygens (including phenoxy) is 1. The third kappa shape index (κ3) is 26.9.